The fourth-order valence-corrected chi connectivity index (χ4v) is 14.1. The van der Waals surface area contributed by atoms with E-state index < -0.39 is 0 Å². The van der Waals surface area contributed by atoms with Crippen LogP contribution >= 0.6 is 0 Å². The summed E-state index contributed by atoms with van der Waals surface area (Å²) >= 11 is 0. The number of ether oxygens (including phenoxy) is 9. The van der Waals surface area contributed by atoms with Gasteiger partial charge in [0, 0.05) is 97.6 Å². The Kier molecular flexibility index (Phi) is 71.8. The smallest absolute Gasteiger partial charge is 0.0594 e. The van der Waals surface area contributed by atoms with E-state index >= 15 is 0 Å². The quantitative estimate of drug-likeness (QED) is 0.0541. The fraction of sp³-hybridized carbons (Fsp3) is 1.00. The average Bonchev–Trinajstić information content (AvgIpc) is 1.37. The van der Waals surface area contributed by atoms with Gasteiger partial charge in [0.15, 0.2) is 0 Å². The van der Waals surface area contributed by atoms with Crippen molar-refractivity contribution in [3.8, 4) is 0 Å². The molecule has 0 aromatic rings. The third kappa shape index (κ3) is 72.1. The summed E-state index contributed by atoms with van der Waals surface area (Å²) in [6, 6.07) is 1.67. The van der Waals surface area contributed by atoms with Crippen LogP contribution in [0.15, 0.2) is 0 Å². The lowest BCUT2D eigenvalue weighted by Crippen LogP contribution is -2.37. The number of hydrogen-bond donors (Lipinski definition) is 0. The van der Waals surface area contributed by atoms with Crippen LogP contribution in [-0.4, -0.2) is 314 Å². The summed E-state index contributed by atoms with van der Waals surface area (Å²) in [5, 5.41) is 0. The number of unbranched alkanes of at least 4 members (excludes halogenated alkanes) is 4. The number of piperidine rings is 2. The molecule has 17 nitrogen and oxygen atoms in total. The fourth-order valence-electron chi connectivity index (χ4n) is 14.1. The van der Waals surface area contributed by atoms with Crippen LogP contribution in [0, 0.1) is 17.8 Å². The van der Waals surface area contributed by atoms with E-state index in [-0.39, 0.29) is 0 Å². The topological polar surface area (TPSA) is 109 Å². The Labute approximate surface area is 655 Å². The maximum Gasteiger partial charge on any atom is 0.0594 e. The van der Waals surface area contributed by atoms with E-state index in [1.165, 1.54) is 239 Å². The lowest BCUT2D eigenvalue weighted by atomic mass is 9.81. The molecule has 0 unspecified atom stereocenters. The van der Waals surface area contributed by atoms with Crippen molar-refractivity contribution in [3.05, 3.63) is 0 Å². The van der Waals surface area contributed by atoms with Crippen LogP contribution < -0.4 is 0 Å². The van der Waals surface area contributed by atoms with Crippen molar-refractivity contribution in [1.82, 2.24) is 39.2 Å². The largest absolute Gasteiger partial charge is 0.379 e. The number of morpholine rings is 2. The predicted octanol–water partition coefficient (Wildman–Crippen LogP) is 17.3. The lowest BCUT2D eigenvalue weighted by molar-refractivity contribution is 0.0266. The molecule has 0 N–H and O–H groups in total. The number of hydrogen-bond acceptors (Lipinski definition) is 17. The van der Waals surface area contributed by atoms with Gasteiger partial charge in [-0.05, 0) is 383 Å². The van der Waals surface area contributed by atoms with E-state index in [1.54, 1.807) is 0 Å². The zero-order valence-corrected chi connectivity index (χ0v) is 74.4. The summed E-state index contributed by atoms with van der Waals surface area (Å²) in [5.41, 5.74) is 0. The SMILES string of the molecule is CC(C)CC1CCC(N(C)C)CC1.CC(C)OCC1CCC(N(C)C)CC1.CC(C)OCCCCN(C)C.CC(C)OCCCCN1CCCC1.CC(C)OCCCCN1CCCCC1.CC(C)OCCCCN1CCOCC1.CC(C)OCCCN1CCCCC1.CC(C)OCCCN1CCOCC1. The van der Waals surface area contributed by atoms with Gasteiger partial charge in [-0.15, -0.1) is 0 Å². The molecule has 17 heteroatoms. The van der Waals surface area contributed by atoms with Crippen LogP contribution in [0.4, 0.5) is 0 Å². The second-order valence-corrected chi connectivity index (χ2v) is 34.4. The summed E-state index contributed by atoms with van der Waals surface area (Å²) in [6.45, 7) is 63.6. The van der Waals surface area contributed by atoms with Crippen molar-refractivity contribution in [3.63, 3.8) is 0 Å². The third-order valence-corrected chi connectivity index (χ3v) is 20.4. The van der Waals surface area contributed by atoms with Gasteiger partial charge in [-0.25, -0.2) is 0 Å². The number of nitrogens with zero attached hydrogens (tertiary/aromatic N) is 8. The first-order chi connectivity index (χ1) is 50.2. The van der Waals surface area contributed by atoms with Crippen molar-refractivity contribution in [2.24, 2.45) is 17.8 Å². The monoisotopic (exact) mass is 1500 g/mol. The number of rotatable bonds is 41. The van der Waals surface area contributed by atoms with Crippen LogP contribution in [0.2, 0.25) is 0 Å². The number of likely N-dealkylation sites (tertiary alicyclic amines) is 3. The Morgan fingerprint density at radius 3 is 0.819 bits per heavy atom. The first kappa shape index (κ1) is 104. The summed E-state index contributed by atoms with van der Waals surface area (Å²) in [7, 11) is 13.0. The highest BCUT2D eigenvalue weighted by Gasteiger charge is 2.24. The molecule has 5 aliphatic heterocycles. The molecule has 0 aromatic carbocycles. The van der Waals surface area contributed by atoms with Crippen LogP contribution in [-0.2, 0) is 42.6 Å². The lowest BCUT2D eigenvalue weighted by Gasteiger charge is -2.33. The van der Waals surface area contributed by atoms with Gasteiger partial charge in [0.05, 0.1) is 69.2 Å². The van der Waals surface area contributed by atoms with Crippen molar-refractivity contribution >= 4 is 0 Å². The van der Waals surface area contributed by atoms with Gasteiger partial charge in [-0.2, -0.15) is 0 Å². The van der Waals surface area contributed by atoms with Crippen LogP contribution in [0.25, 0.3) is 0 Å². The predicted molar refractivity (Wildman–Crippen MR) is 451 cm³/mol. The van der Waals surface area contributed by atoms with E-state index in [1.807, 2.05) is 0 Å². The Morgan fingerprint density at radius 1 is 0.286 bits per heavy atom. The van der Waals surface area contributed by atoms with Gasteiger partial charge >= 0.3 is 0 Å². The average molecular weight is 1500 g/mol. The van der Waals surface area contributed by atoms with Crippen molar-refractivity contribution in [2.75, 3.05) is 220 Å². The second kappa shape index (κ2) is 72.3. The highest BCUT2D eigenvalue weighted by atomic mass is 16.5. The van der Waals surface area contributed by atoms with E-state index in [4.69, 9.17) is 42.6 Å². The highest BCUT2D eigenvalue weighted by Crippen LogP contribution is 2.31. The van der Waals surface area contributed by atoms with E-state index in [0.29, 0.717) is 42.7 Å². The maximum atomic E-state index is 5.66. The molecule has 5 saturated heterocycles. The van der Waals surface area contributed by atoms with Gasteiger partial charge in [0.2, 0.25) is 0 Å². The Morgan fingerprint density at radius 2 is 0.543 bits per heavy atom. The minimum atomic E-state index is 0.365. The van der Waals surface area contributed by atoms with Crippen LogP contribution in [0.5, 0.6) is 0 Å². The minimum Gasteiger partial charge on any atom is -0.379 e. The minimum absolute atomic E-state index is 0.365. The van der Waals surface area contributed by atoms with Crippen molar-refractivity contribution < 1.29 is 42.6 Å². The molecule has 2 aliphatic carbocycles. The molecule has 0 atom stereocenters. The normalized spacial score (nSPS) is 21.0. The maximum absolute atomic E-state index is 5.66. The van der Waals surface area contributed by atoms with E-state index in [0.717, 1.165) is 142 Å². The standard InChI is InChI=1S/2C12H25NO.C12H25N.C11H23NO2.2C11H23NO.C10H21NO2.C9H21NO/c1-10(2)14-9-11-5-7-12(8-6-11)13(3)4;1-12(2)14-11-7-6-10-13-8-4-3-5-9-13;1-10(2)9-11-5-7-12(8-6-11)13(3)4;1-11(2)14-8-4-3-5-12-6-9-13-10-7-12;1-11(2)13-10-6-5-9-12-7-3-4-8-12;1-11(2)13-10-6-9-12-7-4-3-5-8-12;1-10(2)13-7-3-4-11-5-8-12-9-6-11;1-9(2)11-8-6-5-7-10(3)4/h10-12H,5-9H2,1-4H3;12H,3-11H2,1-2H3;10-12H,5-9H2,1-4H3;11H,3-10H2,1-2H3;2*11H,3-10H2,1-2H3;10H,3-9H2,1-2H3;9H,5-8H2,1-4H3. The van der Waals surface area contributed by atoms with Gasteiger partial charge in [-0.1, -0.05) is 26.7 Å². The summed E-state index contributed by atoms with van der Waals surface area (Å²) in [5.74, 6) is 2.73. The van der Waals surface area contributed by atoms with Crippen LogP contribution in [0.3, 0.4) is 0 Å². The molecule has 5 heterocycles. The first-order valence-electron chi connectivity index (χ1n) is 44.3. The molecule has 7 aliphatic rings. The molecule has 0 bridgehead atoms. The van der Waals surface area contributed by atoms with Crippen molar-refractivity contribution in [1.29, 1.82) is 0 Å². The van der Waals surface area contributed by atoms with Gasteiger partial charge in [0.1, 0.15) is 0 Å². The first-order valence-corrected chi connectivity index (χ1v) is 44.3. The molecule has 7 fully saturated rings. The van der Waals surface area contributed by atoms with Gasteiger partial charge < -0.3 is 72.0 Å². The highest BCUT2D eigenvalue weighted by molar-refractivity contribution is 4.79. The van der Waals surface area contributed by atoms with E-state index in [2.05, 4.69) is 192 Å². The molecule has 7 rings (SSSR count). The zero-order valence-electron chi connectivity index (χ0n) is 74.4. The van der Waals surface area contributed by atoms with Crippen LogP contribution in [0.1, 0.15) is 284 Å². The molecule has 632 valence electrons. The molecule has 0 amide bonds. The molecule has 0 aromatic heterocycles. The van der Waals surface area contributed by atoms with Gasteiger partial charge in [0.25, 0.3) is 0 Å². The zero-order chi connectivity index (χ0) is 78.1. The molecular weight excluding hydrogens is 1310 g/mol. The summed E-state index contributed by atoms with van der Waals surface area (Å²) in [6.07, 6.45) is 38.7. The molecule has 105 heavy (non-hydrogen) atoms. The molecular formula is C88H186N8O9. The summed E-state index contributed by atoms with van der Waals surface area (Å²) in [4.78, 5) is 19.6. The van der Waals surface area contributed by atoms with E-state index in [9.17, 15) is 0 Å². The molecule has 0 radical (unpaired) electrons. The molecule has 2 saturated carbocycles. The Bertz CT molecular complexity index is 1650. The Balaban J connectivity index is 0.00000118. The van der Waals surface area contributed by atoms with Gasteiger partial charge in [-0.3, -0.25) is 9.80 Å². The summed E-state index contributed by atoms with van der Waals surface area (Å²) < 4.78 is 49.1. The Hall–Kier alpha value is -0.680. The second-order valence-electron chi connectivity index (χ2n) is 34.4. The molecule has 0 spiro atoms. The van der Waals surface area contributed by atoms with Crippen molar-refractivity contribution in [2.45, 2.75) is 339 Å². The third-order valence-electron chi connectivity index (χ3n) is 20.4.